The number of nitrogens with two attached hydrogens (primary N) is 1. The molecule has 15 heavy (non-hydrogen) atoms. The quantitative estimate of drug-likeness (QED) is 0.822. The minimum Gasteiger partial charge on any atom is -0.459 e. The molecule has 0 saturated heterocycles. The Kier molecular flexibility index (Phi) is 2.82. The van der Waals surface area contributed by atoms with Gasteiger partial charge in [-0.25, -0.2) is 0 Å². The Bertz CT molecular complexity index is 433. The molecule has 0 amide bonds. The van der Waals surface area contributed by atoms with E-state index in [1.54, 1.807) is 6.26 Å². The normalized spacial score (nSPS) is 10.8. The van der Waals surface area contributed by atoms with Crippen LogP contribution in [0.25, 0.3) is 11.7 Å². The molecule has 0 fully saturated rings. The van der Waals surface area contributed by atoms with Crippen LogP contribution < -0.4 is 5.73 Å². The number of hydrogen-bond acceptors (Lipinski definition) is 5. The Hall–Kier alpha value is -1.62. The molecule has 0 aliphatic carbocycles. The lowest BCUT2D eigenvalue weighted by Gasteiger charge is -1.91. The second kappa shape index (κ2) is 4.27. The van der Waals surface area contributed by atoms with Crippen LogP contribution in [0.15, 0.2) is 21.2 Å². The molecule has 0 saturated carbocycles. The summed E-state index contributed by atoms with van der Waals surface area (Å²) in [7, 11) is 0. The molecule has 0 spiro atoms. The monoisotopic (exact) mass is 207 g/mol. The molecule has 2 N–H and O–H groups in total. The average molecular weight is 207 g/mol. The van der Waals surface area contributed by atoms with Crippen LogP contribution in [0.2, 0.25) is 0 Å². The first kappa shape index (κ1) is 9.92. The van der Waals surface area contributed by atoms with E-state index in [4.69, 9.17) is 14.6 Å². The molecule has 2 aromatic rings. The van der Waals surface area contributed by atoms with Crippen molar-refractivity contribution < 1.29 is 8.83 Å². The van der Waals surface area contributed by atoms with Crippen LogP contribution in [0.1, 0.15) is 17.9 Å². The second-order valence-electron chi connectivity index (χ2n) is 3.33. The molecule has 5 nitrogen and oxygen atoms in total. The summed E-state index contributed by atoms with van der Waals surface area (Å²) < 4.78 is 10.7. The Labute approximate surface area is 87.3 Å². The highest BCUT2D eigenvalue weighted by atomic mass is 16.4. The van der Waals surface area contributed by atoms with Gasteiger partial charge in [0.15, 0.2) is 5.76 Å². The van der Waals surface area contributed by atoms with Crippen molar-refractivity contribution in [3.8, 4) is 11.7 Å². The number of nitrogens with zero attached hydrogens (tertiary/aromatic N) is 2. The van der Waals surface area contributed by atoms with Crippen molar-refractivity contribution in [1.82, 2.24) is 10.2 Å². The molecule has 0 aliphatic heterocycles. The van der Waals surface area contributed by atoms with E-state index in [1.807, 2.05) is 13.0 Å². The molecule has 2 heterocycles. The van der Waals surface area contributed by atoms with Gasteiger partial charge in [-0.1, -0.05) is 0 Å². The van der Waals surface area contributed by atoms with Crippen LogP contribution in [0.3, 0.4) is 0 Å². The lowest BCUT2D eigenvalue weighted by atomic mass is 10.3. The van der Waals surface area contributed by atoms with Gasteiger partial charge in [0.2, 0.25) is 5.89 Å². The van der Waals surface area contributed by atoms with Crippen molar-refractivity contribution in [3.63, 3.8) is 0 Å². The topological polar surface area (TPSA) is 78.1 Å². The largest absolute Gasteiger partial charge is 0.459 e. The van der Waals surface area contributed by atoms with Gasteiger partial charge in [0, 0.05) is 12.0 Å². The summed E-state index contributed by atoms with van der Waals surface area (Å²) >= 11 is 0. The van der Waals surface area contributed by atoms with E-state index >= 15 is 0 Å². The van der Waals surface area contributed by atoms with Gasteiger partial charge in [0.25, 0.3) is 5.89 Å². The molecule has 0 aromatic carbocycles. The highest BCUT2D eigenvalue weighted by Crippen LogP contribution is 2.22. The maximum atomic E-state index is 5.44. The zero-order valence-electron chi connectivity index (χ0n) is 8.56. The van der Waals surface area contributed by atoms with E-state index in [2.05, 4.69) is 10.2 Å². The molecule has 0 atom stereocenters. The summed E-state index contributed by atoms with van der Waals surface area (Å²) in [4.78, 5) is 0. The molecule has 2 aromatic heterocycles. The average Bonchev–Trinajstić information content (AvgIpc) is 2.83. The number of hydrogen-bond donors (Lipinski definition) is 1. The highest BCUT2D eigenvalue weighted by molar-refractivity contribution is 5.49. The van der Waals surface area contributed by atoms with Crippen molar-refractivity contribution in [2.45, 2.75) is 19.8 Å². The van der Waals surface area contributed by atoms with E-state index in [0.29, 0.717) is 30.5 Å². The fraction of sp³-hybridized carbons (Fsp3) is 0.400. The molecule has 0 aliphatic rings. The SMILES string of the molecule is Cc1ccoc1-c1nnc(CCCN)o1. The smallest absolute Gasteiger partial charge is 0.283 e. The van der Waals surface area contributed by atoms with Crippen LogP contribution >= 0.6 is 0 Å². The Morgan fingerprint density at radius 2 is 2.27 bits per heavy atom. The summed E-state index contributed by atoms with van der Waals surface area (Å²) in [6, 6.07) is 1.86. The van der Waals surface area contributed by atoms with Gasteiger partial charge in [-0.3, -0.25) is 0 Å². The summed E-state index contributed by atoms with van der Waals surface area (Å²) in [5.41, 5.74) is 6.38. The predicted molar refractivity (Wildman–Crippen MR) is 54.1 cm³/mol. The third-order valence-corrected chi connectivity index (χ3v) is 2.12. The summed E-state index contributed by atoms with van der Waals surface area (Å²) in [6.45, 7) is 2.56. The zero-order chi connectivity index (χ0) is 10.7. The zero-order valence-corrected chi connectivity index (χ0v) is 8.56. The Morgan fingerprint density at radius 1 is 1.40 bits per heavy atom. The first-order valence-corrected chi connectivity index (χ1v) is 4.88. The number of aromatic nitrogens is 2. The lowest BCUT2D eigenvalue weighted by molar-refractivity contribution is 0.475. The third-order valence-electron chi connectivity index (χ3n) is 2.12. The van der Waals surface area contributed by atoms with Crippen molar-refractivity contribution >= 4 is 0 Å². The summed E-state index contributed by atoms with van der Waals surface area (Å²) in [5, 5.41) is 7.84. The van der Waals surface area contributed by atoms with Gasteiger partial charge < -0.3 is 14.6 Å². The van der Waals surface area contributed by atoms with E-state index < -0.39 is 0 Å². The highest BCUT2D eigenvalue weighted by Gasteiger charge is 2.13. The maximum absolute atomic E-state index is 5.44. The minimum absolute atomic E-state index is 0.435. The fourth-order valence-corrected chi connectivity index (χ4v) is 1.29. The lowest BCUT2D eigenvalue weighted by Crippen LogP contribution is -2.00. The predicted octanol–water partition coefficient (Wildman–Crippen LogP) is 1.53. The van der Waals surface area contributed by atoms with Gasteiger partial charge in [0.05, 0.1) is 6.26 Å². The van der Waals surface area contributed by atoms with Crippen LogP contribution in [-0.4, -0.2) is 16.7 Å². The molecule has 0 radical (unpaired) electrons. The standard InChI is InChI=1S/C10H13N3O2/c1-7-4-6-14-9(7)10-13-12-8(15-10)3-2-5-11/h4,6H,2-3,5,11H2,1H3. The molecule has 0 unspecified atom stereocenters. The van der Waals surface area contributed by atoms with E-state index in [9.17, 15) is 0 Å². The molecular formula is C10H13N3O2. The van der Waals surface area contributed by atoms with E-state index in [0.717, 1.165) is 12.0 Å². The summed E-state index contributed by atoms with van der Waals surface area (Å²) in [6.07, 6.45) is 3.16. The van der Waals surface area contributed by atoms with Crippen molar-refractivity contribution in [2.24, 2.45) is 5.73 Å². The van der Waals surface area contributed by atoms with Gasteiger partial charge >= 0.3 is 0 Å². The number of furan rings is 1. The van der Waals surface area contributed by atoms with Crippen molar-refractivity contribution in [2.75, 3.05) is 6.54 Å². The van der Waals surface area contributed by atoms with Gasteiger partial charge in [0.1, 0.15) is 0 Å². The molecular weight excluding hydrogens is 194 g/mol. The van der Waals surface area contributed by atoms with E-state index in [-0.39, 0.29) is 0 Å². The molecule has 0 bridgehead atoms. The first-order chi connectivity index (χ1) is 7.31. The Morgan fingerprint density at radius 3 is 2.93 bits per heavy atom. The van der Waals surface area contributed by atoms with Crippen LogP contribution in [0.4, 0.5) is 0 Å². The van der Waals surface area contributed by atoms with Crippen molar-refractivity contribution in [3.05, 3.63) is 23.8 Å². The third kappa shape index (κ3) is 2.07. The number of aryl methyl sites for hydroxylation is 2. The van der Waals surface area contributed by atoms with Gasteiger partial charge in [-0.05, 0) is 26.0 Å². The summed E-state index contributed by atoms with van der Waals surface area (Å²) in [5.74, 6) is 1.68. The van der Waals surface area contributed by atoms with Crippen LogP contribution in [0, 0.1) is 6.92 Å². The minimum atomic E-state index is 0.435. The van der Waals surface area contributed by atoms with Gasteiger partial charge in [-0.2, -0.15) is 0 Å². The molecule has 2 rings (SSSR count). The van der Waals surface area contributed by atoms with Crippen LogP contribution in [0.5, 0.6) is 0 Å². The molecule has 5 heteroatoms. The van der Waals surface area contributed by atoms with E-state index in [1.165, 1.54) is 0 Å². The first-order valence-electron chi connectivity index (χ1n) is 4.88. The van der Waals surface area contributed by atoms with Crippen LogP contribution in [-0.2, 0) is 6.42 Å². The van der Waals surface area contributed by atoms with Gasteiger partial charge in [-0.15, -0.1) is 10.2 Å². The fourth-order valence-electron chi connectivity index (χ4n) is 1.29. The second-order valence-corrected chi connectivity index (χ2v) is 3.33. The van der Waals surface area contributed by atoms with Crippen molar-refractivity contribution in [1.29, 1.82) is 0 Å². The number of rotatable bonds is 4. The molecule has 80 valence electrons. The maximum Gasteiger partial charge on any atom is 0.283 e. The Balaban J connectivity index is 2.17.